The van der Waals surface area contributed by atoms with Gasteiger partial charge >= 0.3 is 5.97 Å². The maximum absolute atomic E-state index is 12.3. The summed E-state index contributed by atoms with van der Waals surface area (Å²) < 4.78 is 5.10. The monoisotopic (exact) mass is 459 g/mol. The van der Waals surface area contributed by atoms with Crippen molar-refractivity contribution in [2.45, 2.75) is 6.42 Å². The fraction of sp³-hybridized carbons (Fsp3) is 0.211. The molecule has 9 heteroatoms. The zero-order chi connectivity index (χ0) is 20.4. The number of carbonyl (C=O) groups is 3. The van der Waals surface area contributed by atoms with Crippen LogP contribution in [0.3, 0.4) is 0 Å². The first-order valence-electron chi connectivity index (χ1n) is 8.16. The summed E-state index contributed by atoms with van der Waals surface area (Å²) in [4.78, 5) is 38.2. The van der Waals surface area contributed by atoms with E-state index in [2.05, 4.69) is 0 Å². The van der Waals surface area contributed by atoms with Crippen molar-refractivity contribution in [3.05, 3.63) is 62.1 Å². The minimum absolute atomic E-state index is 0.0189. The second-order valence-electron chi connectivity index (χ2n) is 6.16. The summed E-state index contributed by atoms with van der Waals surface area (Å²) in [6.07, 6.45) is -0.0189. The normalized spacial score (nSPS) is 16.4. The molecule has 146 valence electrons. The number of hydrogen-bond donors (Lipinski definition) is 0. The molecule has 0 N–H and O–H groups in total. The lowest BCUT2D eigenvalue weighted by molar-refractivity contribution is -0.147. The van der Waals surface area contributed by atoms with E-state index in [4.69, 9.17) is 51.1 Å². The summed E-state index contributed by atoms with van der Waals surface area (Å²) in [6, 6.07) is 9.20. The molecule has 1 atom stereocenters. The van der Waals surface area contributed by atoms with Gasteiger partial charge in [-0.25, -0.2) is 0 Å². The van der Waals surface area contributed by atoms with Gasteiger partial charge in [0.15, 0.2) is 6.61 Å². The molecule has 0 aliphatic carbocycles. The first-order valence-corrected chi connectivity index (χ1v) is 9.67. The van der Waals surface area contributed by atoms with E-state index in [1.54, 1.807) is 18.2 Å². The van der Waals surface area contributed by atoms with E-state index in [0.29, 0.717) is 20.8 Å². The number of ketones is 1. The van der Waals surface area contributed by atoms with Crippen LogP contribution >= 0.6 is 46.4 Å². The molecule has 1 fully saturated rings. The summed E-state index contributed by atoms with van der Waals surface area (Å²) in [6.45, 7) is -0.344. The second kappa shape index (κ2) is 8.70. The number of amides is 1. The Bertz CT molecular complexity index is 963. The molecule has 0 unspecified atom stereocenters. The first-order chi connectivity index (χ1) is 13.3. The van der Waals surface area contributed by atoms with Crippen LogP contribution in [-0.2, 0) is 14.3 Å². The molecule has 3 rings (SSSR count). The Morgan fingerprint density at radius 1 is 1.00 bits per heavy atom. The van der Waals surface area contributed by atoms with Gasteiger partial charge in [0.1, 0.15) is 0 Å². The van der Waals surface area contributed by atoms with Gasteiger partial charge in [0, 0.05) is 29.2 Å². The van der Waals surface area contributed by atoms with Crippen molar-refractivity contribution < 1.29 is 19.1 Å². The van der Waals surface area contributed by atoms with Crippen molar-refractivity contribution in [3.8, 4) is 0 Å². The molecule has 0 spiro atoms. The first kappa shape index (κ1) is 20.9. The zero-order valence-corrected chi connectivity index (χ0v) is 17.3. The van der Waals surface area contributed by atoms with Crippen molar-refractivity contribution in [3.63, 3.8) is 0 Å². The van der Waals surface area contributed by atoms with E-state index < -0.39 is 24.3 Å². The van der Waals surface area contributed by atoms with Crippen LogP contribution in [0.25, 0.3) is 0 Å². The molecule has 0 radical (unpaired) electrons. The summed E-state index contributed by atoms with van der Waals surface area (Å²) in [7, 11) is 0. The molecular formula is C19H13Cl4NO4. The Labute approximate surface area is 181 Å². The number of ether oxygens (including phenoxy) is 1. The highest BCUT2D eigenvalue weighted by molar-refractivity contribution is 6.42. The molecule has 1 heterocycles. The van der Waals surface area contributed by atoms with Crippen LogP contribution in [-0.4, -0.2) is 30.8 Å². The van der Waals surface area contributed by atoms with E-state index in [0.717, 1.165) is 0 Å². The van der Waals surface area contributed by atoms with Gasteiger partial charge in [0.25, 0.3) is 0 Å². The third kappa shape index (κ3) is 4.61. The molecule has 5 nitrogen and oxygen atoms in total. The third-order valence-corrected chi connectivity index (χ3v) is 5.54. The van der Waals surface area contributed by atoms with Crippen molar-refractivity contribution >= 4 is 69.8 Å². The molecule has 28 heavy (non-hydrogen) atoms. The third-order valence-electron chi connectivity index (χ3n) is 4.25. The van der Waals surface area contributed by atoms with Gasteiger partial charge in [-0.1, -0.05) is 46.4 Å². The van der Waals surface area contributed by atoms with Crippen LogP contribution in [0.5, 0.6) is 0 Å². The van der Waals surface area contributed by atoms with Gasteiger partial charge in [0.2, 0.25) is 11.7 Å². The van der Waals surface area contributed by atoms with Gasteiger partial charge < -0.3 is 9.64 Å². The minimum atomic E-state index is -0.685. The number of benzene rings is 2. The maximum atomic E-state index is 12.3. The van der Waals surface area contributed by atoms with Gasteiger partial charge in [-0.15, -0.1) is 0 Å². The van der Waals surface area contributed by atoms with Crippen LogP contribution in [0.2, 0.25) is 20.1 Å². The van der Waals surface area contributed by atoms with Crippen molar-refractivity contribution in [1.82, 2.24) is 0 Å². The lowest BCUT2D eigenvalue weighted by Gasteiger charge is -2.17. The lowest BCUT2D eigenvalue weighted by Crippen LogP contribution is -2.27. The Morgan fingerprint density at radius 2 is 1.75 bits per heavy atom. The van der Waals surface area contributed by atoms with Crippen LogP contribution < -0.4 is 4.90 Å². The smallest absolute Gasteiger partial charge is 0.311 e. The number of esters is 1. The molecule has 0 aromatic heterocycles. The SMILES string of the molecule is O=C(COC(=O)[C@H]1CC(=O)N(c2ccc(Cl)c(Cl)c2)C1)c1ccc(Cl)cc1Cl. The van der Waals surface area contributed by atoms with Crippen LogP contribution in [0, 0.1) is 5.92 Å². The highest BCUT2D eigenvalue weighted by Gasteiger charge is 2.36. The largest absolute Gasteiger partial charge is 0.457 e. The number of carbonyl (C=O) groups excluding carboxylic acids is 3. The molecule has 1 aliphatic rings. The van der Waals surface area contributed by atoms with Gasteiger partial charge in [-0.2, -0.15) is 0 Å². The minimum Gasteiger partial charge on any atom is -0.457 e. The number of Topliss-reactive ketones (excluding diaryl/α,β-unsaturated/α-hetero) is 1. The standard InChI is InChI=1S/C19H13Cl4NO4/c20-11-1-3-13(15(22)6-11)17(25)9-28-19(27)10-5-18(26)24(8-10)12-2-4-14(21)16(23)7-12/h1-4,6-7,10H,5,8-9H2/t10-/m0/s1. The lowest BCUT2D eigenvalue weighted by atomic mass is 10.1. The van der Waals surface area contributed by atoms with Gasteiger partial charge in [0.05, 0.1) is 21.0 Å². The number of nitrogens with zero attached hydrogens (tertiary/aromatic N) is 1. The van der Waals surface area contributed by atoms with E-state index >= 15 is 0 Å². The zero-order valence-electron chi connectivity index (χ0n) is 14.3. The highest BCUT2D eigenvalue weighted by atomic mass is 35.5. The molecule has 2 aromatic rings. The number of hydrogen-bond acceptors (Lipinski definition) is 4. The predicted octanol–water partition coefficient (Wildman–Crippen LogP) is 5.08. The maximum Gasteiger partial charge on any atom is 0.311 e. The summed E-state index contributed by atoms with van der Waals surface area (Å²) in [5, 5.41) is 1.25. The molecule has 0 bridgehead atoms. The molecule has 0 saturated carbocycles. The Balaban J connectivity index is 1.61. The number of anilines is 1. The summed E-state index contributed by atoms with van der Waals surface area (Å²) >= 11 is 23.6. The van der Waals surface area contributed by atoms with E-state index in [1.165, 1.54) is 23.1 Å². The van der Waals surface area contributed by atoms with Gasteiger partial charge in [-0.3, -0.25) is 14.4 Å². The predicted molar refractivity (Wildman–Crippen MR) is 109 cm³/mol. The van der Waals surface area contributed by atoms with Crippen molar-refractivity contribution in [1.29, 1.82) is 0 Å². The average Bonchev–Trinajstić information content (AvgIpc) is 3.03. The second-order valence-corrected chi connectivity index (χ2v) is 7.82. The Hall–Kier alpha value is -1.79. The van der Waals surface area contributed by atoms with Crippen LogP contribution in [0.15, 0.2) is 36.4 Å². The van der Waals surface area contributed by atoms with E-state index in [9.17, 15) is 14.4 Å². The Morgan fingerprint density at radius 3 is 2.43 bits per heavy atom. The molecule has 1 saturated heterocycles. The molecule has 2 aromatic carbocycles. The number of halogens is 4. The highest BCUT2D eigenvalue weighted by Crippen LogP contribution is 2.31. The van der Waals surface area contributed by atoms with Crippen molar-refractivity contribution in [2.75, 3.05) is 18.1 Å². The topological polar surface area (TPSA) is 63.7 Å². The van der Waals surface area contributed by atoms with Crippen molar-refractivity contribution in [2.24, 2.45) is 5.92 Å². The average molecular weight is 461 g/mol. The summed E-state index contributed by atoms with van der Waals surface area (Å²) in [5.74, 6) is -2.02. The quantitative estimate of drug-likeness (QED) is 0.461. The molecule has 1 aliphatic heterocycles. The molecular weight excluding hydrogens is 448 g/mol. The van der Waals surface area contributed by atoms with E-state index in [1.807, 2.05) is 0 Å². The van der Waals surface area contributed by atoms with Crippen LogP contribution in [0.1, 0.15) is 16.8 Å². The van der Waals surface area contributed by atoms with Crippen LogP contribution in [0.4, 0.5) is 5.69 Å². The fourth-order valence-corrected chi connectivity index (χ4v) is 3.62. The van der Waals surface area contributed by atoms with Gasteiger partial charge in [-0.05, 0) is 36.4 Å². The van der Waals surface area contributed by atoms with E-state index in [-0.39, 0.29) is 29.5 Å². The fourth-order valence-electron chi connectivity index (χ4n) is 2.82. The Kier molecular flexibility index (Phi) is 6.50. The summed E-state index contributed by atoms with van der Waals surface area (Å²) in [5.41, 5.74) is 0.748. The molecule has 1 amide bonds. The number of rotatable bonds is 5.